The number of piperidine rings is 1. The van der Waals surface area contributed by atoms with Crippen molar-refractivity contribution in [1.82, 2.24) is 14.8 Å². The largest absolute Gasteiger partial charge is 0.369 e. The number of hydrogen-bond donors (Lipinski definition) is 2. The number of primary amides is 1. The molecule has 2 aliphatic heterocycles. The maximum Gasteiger partial charge on any atom is 0.239 e. The zero-order chi connectivity index (χ0) is 19.7. The van der Waals surface area contributed by atoms with Crippen LogP contribution in [0, 0.1) is 5.92 Å². The summed E-state index contributed by atoms with van der Waals surface area (Å²) in [5.74, 6) is -0.399. The number of benzene rings is 1. The third-order valence-corrected chi connectivity index (χ3v) is 6.22. The monoisotopic (exact) mass is 380 g/mol. The number of hydrogen-bond acceptors (Lipinski definition) is 3. The molecular weight excluding hydrogens is 352 g/mol. The summed E-state index contributed by atoms with van der Waals surface area (Å²) in [5, 5.41) is 1.25. The van der Waals surface area contributed by atoms with Crippen molar-refractivity contribution >= 4 is 28.3 Å². The van der Waals surface area contributed by atoms with E-state index in [2.05, 4.69) is 40.4 Å². The van der Waals surface area contributed by atoms with Crippen LogP contribution in [0.1, 0.15) is 31.7 Å². The van der Waals surface area contributed by atoms with Crippen molar-refractivity contribution in [3.8, 4) is 0 Å². The second kappa shape index (κ2) is 7.80. The van der Waals surface area contributed by atoms with Gasteiger partial charge in [0.2, 0.25) is 11.8 Å². The zero-order valence-electron chi connectivity index (χ0n) is 16.4. The van der Waals surface area contributed by atoms with Crippen LogP contribution in [0.5, 0.6) is 0 Å². The van der Waals surface area contributed by atoms with Crippen molar-refractivity contribution in [3.63, 3.8) is 0 Å². The molecule has 3 N–H and O–H groups in total. The standard InChI is InChI=1S/C22H28N4O2/c1-15(22(28)26-10-4-5-17(14-26)21(23)27)25-11-8-16(9-12-25)19-13-24-20-7-3-2-6-18(19)20/h2-3,6-8,13,15,17,24H,4-5,9-12,14H2,1H3,(H2,23,27)/t15-,17-/m0/s1. The Balaban J connectivity index is 1.42. The third kappa shape index (κ3) is 3.56. The molecule has 1 aromatic heterocycles. The van der Waals surface area contributed by atoms with Crippen LogP contribution >= 0.6 is 0 Å². The van der Waals surface area contributed by atoms with Gasteiger partial charge in [-0.25, -0.2) is 0 Å². The Morgan fingerprint density at radius 2 is 2.07 bits per heavy atom. The second-order valence-corrected chi connectivity index (χ2v) is 7.92. The fourth-order valence-electron chi connectivity index (χ4n) is 4.45. The van der Waals surface area contributed by atoms with Gasteiger partial charge in [0.25, 0.3) is 0 Å². The summed E-state index contributed by atoms with van der Waals surface area (Å²) in [6, 6.07) is 8.15. The van der Waals surface area contributed by atoms with Crippen molar-refractivity contribution in [2.45, 2.75) is 32.2 Å². The summed E-state index contributed by atoms with van der Waals surface area (Å²) in [4.78, 5) is 31.8. The first-order chi connectivity index (χ1) is 13.5. The number of rotatable bonds is 4. The second-order valence-electron chi connectivity index (χ2n) is 7.92. The molecule has 28 heavy (non-hydrogen) atoms. The van der Waals surface area contributed by atoms with E-state index in [9.17, 15) is 9.59 Å². The molecule has 0 bridgehead atoms. The summed E-state index contributed by atoms with van der Waals surface area (Å²) in [6.45, 7) is 4.76. The third-order valence-electron chi connectivity index (χ3n) is 6.22. The summed E-state index contributed by atoms with van der Waals surface area (Å²) in [7, 11) is 0. The fourth-order valence-corrected chi connectivity index (χ4v) is 4.45. The molecule has 1 aromatic carbocycles. The minimum absolute atomic E-state index is 0.106. The Morgan fingerprint density at radius 1 is 1.25 bits per heavy atom. The molecule has 2 atom stereocenters. The Morgan fingerprint density at radius 3 is 2.82 bits per heavy atom. The highest BCUT2D eigenvalue weighted by molar-refractivity contribution is 5.92. The number of carbonyl (C=O) groups excluding carboxylic acids is 2. The van der Waals surface area contributed by atoms with Crippen molar-refractivity contribution in [2.24, 2.45) is 11.7 Å². The molecule has 6 heteroatoms. The lowest BCUT2D eigenvalue weighted by atomic mass is 9.96. The maximum absolute atomic E-state index is 13.0. The summed E-state index contributed by atoms with van der Waals surface area (Å²) >= 11 is 0. The van der Waals surface area contributed by atoms with Crippen LogP contribution in [0.15, 0.2) is 36.5 Å². The van der Waals surface area contributed by atoms with E-state index in [0.717, 1.165) is 44.4 Å². The zero-order valence-corrected chi connectivity index (χ0v) is 16.4. The lowest BCUT2D eigenvalue weighted by Gasteiger charge is -2.37. The predicted octanol–water partition coefficient (Wildman–Crippen LogP) is 2.37. The topological polar surface area (TPSA) is 82.4 Å². The van der Waals surface area contributed by atoms with E-state index in [1.54, 1.807) is 0 Å². The molecule has 4 rings (SSSR count). The number of likely N-dealkylation sites (tertiary alicyclic amines) is 1. The van der Waals surface area contributed by atoms with Gasteiger partial charge in [0.05, 0.1) is 12.0 Å². The van der Waals surface area contributed by atoms with E-state index in [1.807, 2.05) is 17.9 Å². The van der Waals surface area contributed by atoms with E-state index in [4.69, 9.17) is 5.73 Å². The highest BCUT2D eigenvalue weighted by Gasteiger charge is 2.32. The van der Waals surface area contributed by atoms with Crippen LogP contribution in [-0.2, 0) is 9.59 Å². The van der Waals surface area contributed by atoms with Gasteiger partial charge in [0.1, 0.15) is 0 Å². The van der Waals surface area contributed by atoms with Crippen LogP contribution in [0.3, 0.4) is 0 Å². The first kappa shape index (κ1) is 18.7. The van der Waals surface area contributed by atoms with Crippen molar-refractivity contribution in [2.75, 3.05) is 26.2 Å². The Hall–Kier alpha value is -2.60. The Labute approximate surface area is 165 Å². The molecule has 148 valence electrons. The van der Waals surface area contributed by atoms with E-state index in [-0.39, 0.29) is 23.8 Å². The number of amides is 2. The van der Waals surface area contributed by atoms with Gasteiger partial charge in [0.15, 0.2) is 0 Å². The average Bonchev–Trinajstić information content (AvgIpc) is 3.17. The molecule has 1 fully saturated rings. The molecule has 3 heterocycles. The molecule has 1 saturated heterocycles. The van der Waals surface area contributed by atoms with Crippen LogP contribution < -0.4 is 5.73 Å². The van der Waals surface area contributed by atoms with Gasteiger partial charge >= 0.3 is 0 Å². The Kier molecular flexibility index (Phi) is 5.22. The van der Waals surface area contributed by atoms with Gasteiger partial charge in [-0.1, -0.05) is 24.3 Å². The van der Waals surface area contributed by atoms with E-state index < -0.39 is 0 Å². The Bertz CT molecular complexity index is 916. The summed E-state index contributed by atoms with van der Waals surface area (Å²) in [6.07, 6.45) is 6.87. The van der Waals surface area contributed by atoms with Gasteiger partial charge in [0, 0.05) is 48.8 Å². The fraction of sp³-hybridized carbons (Fsp3) is 0.455. The number of fused-ring (bicyclic) bond motifs is 1. The summed E-state index contributed by atoms with van der Waals surface area (Å²) in [5.41, 5.74) is 9.20. The minimum Gasteiger partial charge on any atom is -0.369 e. The van der Waals surface area contributed by atoms with Gasteiger partial charge in [-0.3, -0.25) is 14.5 Å². The number of para-hydroxylation sites is 1. The highest BCUT2D eigenvalue weighted by atomic mass is 16.2. The first-order valence-electron chi connectivity index (χ1n) is 10.1. The van der Waals surface area contributed by atoms with Gasteiger partial charge < -0.3 is 15.6 Å². The van der Waals surface area contributed by atoms with E-state index in [1.165, 1.54) is 16.5 Å². The number of nitrogens with one attached hydrogen (secondary N) is 1. The maximum atomic E-state index is 13.0. The lowest BCUT2D eigenvalue weighted by Crippen LogP contribution is -2.52. The predicted molar refractivity (Wildman–Crippen MR) is 110 cm³/mol. The molecule has 6 nitrogen and oxygen atoms in total. The average molecular weight is 380 g/mol. The number of H-pyrrole nitrogens is 1. The summed E-state index contributed by atoms with van der Waals surface area (Å²) < 4.78 is 0. The lowest BCUT2D eigenvalue weighted by molar-refractivity contribution is -0.139. The molecule has 2 aliphatic rings. The molecule has 0 aliphatic carbocycles. The molecular formula is C22H28N4O2. The van der Waals surface area contributed by atoms with Crippen molar-refractivity contribution < 1.29 is 9.59 Å². The molecule has 2 aromatic rings. The quantitative estimate of drug-likeness (QED) is 0.854. The van der Waals surface area contributed by atoms with Gasteiger partial charge in [-0.2, -0.15) is 0 Å². The number of nitrogens with two attached hydrogens (primary N) is 1. The minimum atomic E-state index is -0.297. The highest BCUT2D eigenvalue weighted by Crippen LogP contribution is 2.30. The van der Waals surface area contributed by atoms with Crippen LogP contribution in [0.2, 0.25) is 0 Å². The SMILES string of the molecule is C[C@@H](C(=O)N1CCC[C@H](C(N)=O)C1)N1CC=C(c2c[nH]c3ccccc23)CC1. The number of aromatic nitrogens is 1. The van der Waals surface area contributed by atoms with Crippen LogP contribution in [0.25, 0.3) is 16.5 Å². The first-order valence-corrected chi connectivity index (χ1v) is 10.1. The van der Waals surface area contributed by atoms with Crippen molar-refractivity contribution in [3.05, 3.63) is 42.1 Å². The molecule has 0 unspecified atom stereocenters. The van der Waals surface area contributed by atoms with Gasteiger partial charge in [-0.15, -0.1) is 0 Å². The molecule has 0 spiro atoms. The number of nitrogens with zero attached hydrogens (tertiary/aromatic N) is 2. The van der Waals surface area contributed by atoms with Crippen LogP contribution in [-0.4, -0.2) is 58.8 Å². The number of carbonyl (C=O) groups is 2. The number of aromatic amines is 1. The molecule has 0 saturated carbocycles. The smallest absolute Gasteiger partial charge is 0.239 e. The molecule has 2 amide bonds. The van der Waals surface area contributed by atoms with Gasteiger partial charge in [-0.05, 0) is 37.8 Å². The van der Waals surface area contributed by atoms with E-state index in [0.29, 0.717) is 6.54 Å². The van der Waals surface area contributed by atoms with Crippen LogP contribution in [0.4, 0.5) is 0 Å². The van der Waals surface area contributed by atoms with E-state index >= 15 is 0 Å². The van der Waals surface area contributed by atoms with Crippen molar-refractivity contribution in [1.29, 1.82) is 0 Å². The molecule has 0 radical (unpaired) electrons. The normalized spacial score (nSPS) is 22.1.